The molecule has 0 amide bonds. The fourth-order valence-electron chi connectivity index (χ4n) is 2.67. The Kier molecular flexibility index (Phi) is 4.91. The number of piperidine rings is 1. The number of para-hydroxylation sites is 1. The summed E-state index contributed by atoms with van der Waals surface area (Å²) in [6.07, 6.45) is 3.86. The molecule has 1 heterocycles. The predicted octanol–water partition coefficient (Wildman–Crippen LogP) is 4.86. The molecular formula is C18H19IN2. The average Bonchev–Trinajstić information content (AvgIpc) is 2.55. The van der Waals surface area contributed by atoms with E-state index in [0.717, 1.165) is 24.6 Å². The zero-order valence-corrected chi connectivity index (χ0v) is 14.2. The molecule has 3 rings (SSSR count). The first-order valence-electron chi connectivity index (χ1n) is 7.48. The first kappa shape index (κ1) is 14.6. The summed E-state index contributed by atoms with van der Waals surface area (Å²) >= 11 is 2.41. The van der Waals surface area contributed by atoms with Crippen LogP contribution in [-0.2, 0) is 0 Å². The lowest BCUT2D eigenvalue weighted by Gasteiger charge is -2.30. The summed E-state index contributed by atoms with van der Waals surface area (Å²) in [6, 6.07) is 18.8. The van der Waals surface area contributed by atoms with Gasteiger partial charge in [-0.3, -0.25) is 0 Å². The Morgan fingerprint density at radius 3 is 2.24 bits per heavy atom. The van der Waals surface area contributed by atoms with Crippen LogP contribution in [0.4, 0.5) is 5.69 Å². The number of hydrogen-bond donors (Lipinski definition) is 0. The van der Waals surface area contributed by atoms with Crippen LogP contribution in [0.1, 0.15) is 24.8 Å². The van der Waals surface area contributed by atoms with Gasteiger partial charge >= 0.3 is 0 Å². The van der Waals surface area contributed by atoms with Crippen LogP contribution in [-0.4, -0.2) is 23.8 Å². The summed E-state index contributed by atoms with van der Waals surface area (Å²) in [5.74, 6) is 1.12. The van der Waals surface area contributed by atoms with Crippen LogP contribution in [0.25, 0.3) is 0 Å². The molecule has 1 saturated heterocycles. The maximum Gasteiger partial charge on any atom is 0.137 e. The molecule has 0 atom stereocenters. The van der Waals surface area contributed by atoms with Crippen molar-refractivity contribution in [2.75, 3.05) is 13.1 Å². The number of aliphatic imine (C=N–C) groups is 1. The van der Waals surface area contributed by atoms with E-state index in [4.69, 9.17) is 4.99 Å². The average molecular weight is 390 g/mol. The molecule has 21 heavy (non-hydrogen) atoms. The molecule has 3 heteroatoms. The van der Waals surface area contributed by atoms with Gasteiger partial charge in [-0.15, -0.1) is 0 Å². The maximum atomic E-state index is 4.95. The number of rotatable bonds is 2. The van der Waals surface area contributed by atoms with Crippen molar-refractivity contribution in [2.45, 2.75) is 19.3 Å². The second-order valence-corrected chi connectivity index (χ2v) is 6.46. The molecule has 0 aliphatic carbocycles. The maximum absolute atomic E-state index is 4.95. The van der Waals surface area contributed by atoms with Crippen molar-refractivity contribution in [1.29, 1.82) is 0 Å². The molecule has 1 fully saturated rings. The van der Waals surface area contributed by atoms with Crippen molar-refractivity contribution >= 4 is 34.1 Å². The minimum atomic E-state index is 1.03. The standard InChI is InChI=1S/C18H19IN2/c19-17-12-6-5-11-16(17)18(21-13-7-2-8-14-21)20-15-9-3-1-4-10-15/h1,3-6,9-12H,2,7-8,13-14H2. The molecule has 108 valence electrons. The molecule has 1 aliphatic heterocycles. The van der Waals surface area contributed by atoms with E-state index in [1.165, 1.54) is 28.4 Å². The summed E-state index contributed by atoms with van der Waals surface area (Å²) in [7, 11) is 0. The molecule has 0 unspecified atom stereocenters. The number of nitrogens with zero attached hydrogens (tertiary/aromatic N) is 2. The number of benzene rings is 2. The SMILES string of the molecule is Ic1ccccc1C(=Nc1ccccc1)N1CCCCC1. The van der Waals surface area contributed by atoms with Gasteiger partial charge in [-0.05, 0) is 60.1 Å². The molecule has 2 aromatic carbocycles. The van der Waals surface area contributed by atoms with Crippen LogP contribution in [0, 0.1) is 3.57 Å². The second kappa shape index (κ2) is 7.07. The lowest BCUT2D eigenvalue weighted by molar-refractivity contribution is 0.343. The Hall–Kier alpha value is -1.36. The van der Waals surface area contributed by atoms with Crippen LogP contribution in [0.5, 0.6) is 0 Å². The molecule has 1 aliphatic rings. The Balaban J connectivity index is 2.02. The van der Waals surface area contributed by atoms with E-state index in [1.807, 2.05) is 18.2 Å². The molecule has 0 aromatic heterocycles. The second-order valence-electron chi connectivity index (χ2n) is 5.30. The first-order valence-corrected chi connectivity index (χ1v) is 8.56. The van der Waals surface area contributed by atoms with Gasteiger partial charge in [0.05, 0.1) is 5.69 Å². The zero-order chi connectivity index (χ0) is 14.5. The molecule has 0 N–H and O–H groups in total. The van der Waals surface area contributed by atoms with Gasteiger partial charge in [-0.1, -0.05) is 36.4 Å². The molecular weight excluding hydrogens is 371 g/mol. The summed E-state index contributed by atoms with van der Waals surface area (Å²) < 4.78 is 1.26. The van der Waals surface area contributed by atoms with Crippen molar-refractivity contribution in [2.24, 2.45) is 4.99 Å². The fourth-order valence-corrected chi connectivity index (χ4v) is 3.30. The Bertz CT molecular complexity index is 616. The highest BCUT2D eigenvalue weighted by atomic mass is 127. The number of likely N-dealkylation sites (tertiary alicyclic amines) is 1. The van der Waals surface area contributed by atoms with E-state index >= 15 is 0 Å². The smallest absolute Gasteiger partial charge is 0.137 e. The third kappa shape index (κ3) is 3.64. The molecule has 2 aromatic rings. The van der Waals surface area contributed by atoms with Crippen LogP contribution in [0.15, 0.2) is 59.6 Å². The third-order valence-electron chi connectivity index (χ3n) is 3.76. The van der Waals surface area contributed by atoms with Crippen molar-refractivity contribution in [3.63, 3.8) is 0 Å². The summed E-state index contributed by atoms with van der Waals surface area (Å²) in [5, 5.41) is 0. The van der Waals surface area contributed by atoms with E-state index in [0.29, 0.717) is 0 Å². The van der Waals surface area contributed by atoms with Gasteiger partial charge in [0.15, 0.2) is 0 Å². The largest absolute Gasteiger partial charge is 0.356 e. The molecule has 2 nitrogen and oxygen atoms in total. The molecule has 0 spiro atoms. The normalized spacial score (nSPS) is 16.0. The Morgan fingerprint density at radius 1 is 0.857 bits per heavy atom. The molecule has 0 bridgehead atoms. The van der Waals surface area contributed by atoms with Crippen LogP contribution in [0.2, 0.25) is 0 Å². The van der Waals surface area contributed by atoms with Gasteiger partial charge in [-0.25, -0.2) is 4.99 Å². The first-order chi connectivity index (χ1) is 10.3. The summed E-state index contributed by atoms with van der Waals surface area (Å²) in [5.41, 5.74) is 2.27. The van der Waals surface area contributed by atoms with Crippen molar-refractivity contribution in [3.05, 3.63) is 63.7 Å². The van der Waals surface area contributed by atoms with Gasteiger partial charge in [0.1, 0.15) is 5.84 Å². The zero-order valence-electron chi connectivity index (χ0n) is 12.0. The van der Waals surface area contributed by atoms with Gasteiger partial charge in [-0.2, -0.15) is 0 Å². The minimum Gasteiger partial charge on any atom is -0.356 e. The summed E-state index contributed by atoms with van der Waals surface area (Å²) in [4.78, 5) is 7.39. The quantitative estimate of drug-likeness (QED) is 0.407. The third-order valence-corrected chi connectivity index (χ3v) is 4.70. The van der Waals surface area contributed by atoms with Gasteiger partial charge in [0.25, 0.3) is 0 Å². The molecule has 0 radical (unpaired) electrons. The van der Waals surface area contributed by atoms with Crippen molar-refractivity contribution in [3.8, 4) is 0 Å². The van der Waals surface area contributed by atoms with Gasteiger partial charge in [0, 0.05) is 22.2 Å². The number of halogens is 1. The lowest BCUT2D eigenvalue weighted by Crippen LogP contribution is -2.36. The lowest BCUT2D eigenvalue weighted by atomic mass is 10.1. The van der Waals surface area contributed by atoms with E-state index in [-0.39, 0.29) is 0 Å². The monoisotopic (exact) mass is 390 g/mol. The van der Waals surface area contributed by atoms with E-state index in [2.05, 4.69) is 63.9 Å². The highest BCUT2D eigenvalue weighted by Gasteiger charge is 2.18. The van der Waals surface area contributed by atoms with Gasteiger partial charge < -0.3 is 4.90 Å². The van der Waals surface area contributed by atoms with Crippen LogP contribution < -0.4 is 0 Å². The Morgan fingerprint density at radius 2 is 1.52 bits per heavy atom. The van der Waals surface area contributed by atoms with E-state index in [9.17, 15) is 0 Å². The van der Waals surface area contributed by atoms with Crippen molar-refractivity contribution in [1.82, 2.24) is 4.90 Å². The number of hydrogen-bond acceptors (Lipinski definition) is 1. The number of amidine groups is 1. The van der Waals surface area contributed by atoms with E-state index in [1.54, 1.807) is 0 Å². The fraction of sp³-hybridized carbons (Fsp3) is 0.278. The predicted molar refractivity (Wildman–Crippen MR) is 97.2 cm³/mol. The van der Waals surface area contributed by atoms with Gasteiger partial charge in [0.2, 0.25) is 0 Å². The minimum absolute atomic E-state index is 1.03. The van der Waals surface area contributed by atoms with Crippen molar-refractivity contribution < 1.29 is 0 Å². The highest BCUT2D eigenvalue weighted by Crippen LogP contribution is 2.21. The molecule has 0 saturated carbocycles. The summed E-state index contributed by atoms with van der Waals surface area (Å²) in [6.45, 7) is 2.22. The Labute approximate surface area is 140 Å². The van der Waals surface area contributed by atoms with Crippen LogP contribution in [0.3, 0.4) is 0 Å². The topological polar surface area (TPSA) is 15.6 Å². The van der Waals surface area contributed by atoms with E-state index < -0.39 is 0 Å². The highest BCUT2D eigenvalue weighted by molar-refractivity contribution is 14.1. The van der Waals surface area contributed by atoms with Crippen LogP contribution >= 0.6 is 22.6 Å².